The van der Waals surface area contributed by atoms with Crippen LogP contribution < -0.4 is 0 Å². The van der Waals surface area contributed by atoms with Gasteiger partial charge in [0.15, 0.2) is 5.71 Å². The molecule has 1 rings (SSSR count). The standard InChI is InChI=1S/C9H5F3N2O4S/c10-9(11,12)19(15,16)18-17-14-8(6-13)7-4-2-1-3-5-7/h1-5H. The summed E-state index contributed by atoms with van der Waals surface area (Å²) in [5.74, 6) is 0. The maximum Gasteiger partial charge on any atom is 0.526 e. The SMILES string of the molecule is N#CC(=NOOS(=O)(=O)C(F)(F)F)c1ccccc1. The van der Waals surface area contributed by atoms with E-state index in [1.165, 1.54) is 30.3 Å². The Morgan fingerprint density at radius 2 is 1.84 bits per heavy atom. The number of nitriles is 1. The van der Waals surface area contributed by atoms with Gasteiger partial charge in [0, 0.05) is 5.56 Å². The first-order valence-electron chi connectivity index (χ1n) is 4.48. The van der Waals surface area contributed by atoms with E-state index in [1.807, 2.05) is 0 Å². The molecule has 10 heteroatoms. The van der Waals surface area contributed by atoms with Crippen LogP contribution in [0.5, 0.6) is 0 Å². The molecular formula is C9H5F3N2O4S. The average Bonchev–Trinajstić information content (AvgIpc) is 2.34. The molecule has 0 unspecified atom stereocenters. The highest BCUT2D eigenvalue weighted by atomic mass is 32.2. The van der Waals surface area contributed by atoms with Crippen LogP contribution in [-0.4, -0.2) is 19.6 Å². The molecule has 0 heterocycles. The number of hydrogen-bond acceptors (Lipinski definition) is 6. The summed E-state index contributed by atoms with van der Waals surface area (Å²) in [6, 6.07) is 9.06. The van der Waals surface area contributed by atoms with Crippen molar-refractivity contribution in [2.45, 2.75) is 5.51 Å². The van der Waals surface area contributed by atoms with Gasteiger partial charge < -0.3 is 0 Å². The van der Waals surface area contributed by atoms with E-state index in [-0.39, 0.29) is 5.56 Å². The Morgan fingerprint density at radius 3 is 2.32 bits per heavy atom. The van der Waals surface area contributed by atoms with Crippen molar-refractivity contribution < 1.29 is 30.9 Å². The van der Waals surface area contributed by atoms with Gasteiger partial charge in [-0.2, -0.15) is 26.9 Å². The van der Waals surface area contributed by atoms with Gasteiger partial charge in [0.25, 0.3) is 0 Å². The van der Waals surface area contributed by atoms with Crippen LogP contribution in [0.15, 0.2) is 35.5 Å². The molecule has 0 amide bonds. The van der Waals surface area contributed by atoms with E-state index in [9.17, 15) is 21.6 Å². The summed E-state index contributed by atoms with van der Waals surface area (Å²) in [5, 5.41) is 11.5. The third-order valence-corrected chi connectivity index (χ3v) is 2.49. The number of nitrogens with zero attached hydrogens (tertiary/aromatic N) is 2. The molecule has 19 heavy (non-hydrogen) atoms. The molecule has 0 radical (unpaired) electrons. The highest BCUT2D eigenvalue weighted by molar-refractivity contribution is 7.87. The lowest BCUT2D eigenvalue weighted by atomic mass is 10.1. The summed E-state index contributed by atoms with van der Waals surface area (Å²) < 4.78 is 59.6. The van der Waals surface area contributed by atoms with Gasteiger partial charge >= 0.3 is 15.6 Å². The molecule has 0 atom stereocenters. The van der Waals surface area contributed by atoms with Crippen molar-refractivity contribution >= 4 is 15.8 Å². The quantitative estimate of drug-likeness (QED) is 0.365. The van der Waals surface area contributed by atoms with Crippen LogP contribution in [0.1, 0.15) is 5.56 Å². The lowest BCUT2D eigenvalue weighted by molar-refractivity contribution is -0.215. The van der Waals surface area contributed by atoms with Crippen LogP contribution in [0.4, 0.5) is 13.2 Å². The summed E-state index contributed by atoms with van der Waals surface area (Å²) in [7, 11) is -5.92. The highest BCUT2D eigenvalue weighted by Gasteiger charge is 2.49. The van der Waals surface area contributed by atoms with E-state index in [1.54, 1.807) is 6.07 Å². The van der Waals surface area contributed by atoms with Crippen LogP contribution in [-0.2, 0) is 19.4 Å². The molecule has 0 N–H and O–H groups in total. The third kappa shape index (κ3) is 3.94. The Balaban J connectivity index is 2.80. The molecular weight excluding hydrogens is 289 g/mol. The topological polar surface area (TPSA) is 88.8 Å². The van der Waals surface area contributed by atoms with Crippen molar-refractivity contribution in [1.29, 1.82) is 5.26 Å². The minimum absolute atomic E-state index is 0.220. The monoisotopic (exact) mass is 294 g/mol. The number of rotatable bonds is 4. The van der Waals surface area contributed by atoms with Crippen molar-refractivity contribution in [3.63, 3.8) is 0 Å². The molecule has 0 aliphatic heterocycles. The van der Waals surface area contributed by atoms with Crippen molar-refractivity contribution in [2.24, 2.45) is 5.16 Å². The Morgan fingerprint density at radius 1 is 1.26 bits per heavy atom. The van der Waals surface area contributed by atoms with Crippen LogP contribution in [0.3, 0.4) is 0 Å². The lowest BCUT2D eigenvalue weighted by Crippen LogP contribution is -2.25. The predicted octanol–water partition coefficient (Wildman–Crippen LogP) is 1.71. The molecule has 0 spiro atoms. The highest BCUT2D eigenvalue weighted by Crippen LogP contribution is 2.24. The van der Waals surface area contributed by atoms with Crippen LogP contribution >= 0.6 is 0 Å². The van der Waals surface area contributed by atoms with E-state index in [2.05, 4.69) is 14.5 Å². The van der Waals surface area contributed by atoms with Gasteiger partial charge in [-0.15, -0.1) is 0 Å². The zero-order valence-corrected chi connectivity index (χ0v) is 9.77. The molecule has 6 nitrogen and oxygen atoms in total. The number of hydrogen-bond donors (Lipinski definition) is 0. The fourth-order valence-electron chi connectivity index (χ4n) is 0.865. The number of oxime groups is 1. The van der Waals surface area contributed by atoms with Crippen molar-refractivity contribution in [1.82, 2.24) is 0 Å². The molecule has 0 fully saturated rings. The summed E-state index contributed by atoms with van der Waals surface area (Å²) in [4.78, 5) is 3.59. The summed E-state index contributed by atoms with van der Waals surface area (Å²) in [5.41, 5.74) is -5.86. The van der Waals surface area contributed by atoms with Gasteiger partial charge in [0.1, 0.15) is 6.07 Å². The zero-order chi connectivity index (χ0) is 14.5. The molecule has 0 bridgehead atoms. The van der Waals surface area contributed by atoms with Crippen LogP contribution in [0.25, 0.3) is 0 Å². The van der Waals surface area contributed by atoms with Gasteiger partial charge in [-0.1, -0.05) is 30.3 Å². The fourth-order valence-corrected chi connectivity index (χ4v) is 1.05. The van der Waals surface area contributed by atoms with E-state index in [0.717, 1.165) is 0 Å². The first-order chi connectivity index (χ1) is 8.78. The smallest absolute Gasteiger partial charge is 0.201 e. The number of alkyl halides is 3. The second kappa shape index (κ2) is 5.68. The molecule has 0 aliphatic carbocycles. The summed E-state index contributed by atoms with van der Waals surface area (Å²) in [6.45, 7) is 0. The molecule has 0 aromatic heterocycles. The largest absolute Gasteiger partial charge is 0.526 e. The fraction of sp³-hybridized carbons (Fsp3) is 0.111. The Bertz CT molecular complexity index is 605. The minimum atomic E-state index is -5.92. The van der Waals surface area contributed by atoms with Gasteiger partial charge in [-0.05, 0) is 9.49 Å². The van der Waals surface area contributed by atoms with Gasteiger partial charge in [-0.3, -0.25) is 0 Å². The molecule has 102 valence electrons. The van der Waals surface area contributed by atoms with Crippen LogP contribution in [0.2, 0.25) is 0 Å². The maximum atomic E-state index is 11.9. The lowest BCUT2D eigenvalue weighted by Gasteiger charge is -2.04. The van der Waals surface area contributed by atoms with Crippen LogP contribution in [0, 0.1) is 11.3 Å². The van der Waals surface area contributed by atoms with E-state index in [0.29, 0.717) is 0 Å². The first-order valence-corrected chi connectivity index (χ1v) is 5.89. The number of benzene rings is 1. The molecule has 0 aliphatic rings. The predicted molar refractivity (Wildman–Crippen MR) is 55.7 cm³/mol. The van der Waals surface area contributed by atoms with Crippen molar-refractivity contribution in [3.05, 3.63) is 35.9 Å². The third-order valence-electron chi connectivity index (χ3n) is 1.69. The second-order valence-electron chi connectivity index (χ2n) is 2.96. The maximum absolute atomic E-state index is 11.9. The van der Waals surface area contributed by atoms with Gasteiger partial charge in [0.2, 0.25) is 0 Å². The molecule has 0 saturated carbocycles. The van der Waals surface area contributed by atoms with Gasteiger partial charge in [-0.25, -0.2) is 4.99 Å². The summed E-state index contributed by atoms with van der Waals surface area (Å²) >= 11 is 0. The Kier molecular flexibility index (Phi) is 4.47. The minimum Gasteiger partial charge on any atom is -0.201 e. The Labute approximate surface area is 105 Å². The van der Waals surface area contributed by atoms with E-state index in [4.69, 9.17) is 5.26 Å². The van der Waals surface area contributed by atoms with E-state index < -0.39 is 21.3 Å². The summed E-state index contributed by atoms with van der Waals surface area (Å²) in [6.07, 6.45) is 0. The van der Waals surface area contributed by atoms with Gasteiger partial charge in [0.05, 0.1) is 0 Å². The van der Waals surface area contributed by atoms with Crippen molar-refractivity contribution in [3.8, 4) is 6.07 Å². The van der Waals surface area contributed by atoms with Crippen molar-refractivity contribution in [2.75, 3.05) is 0 Å². The average molecular weight is 294 g/mol. The molecule has 1 aromatic rings. The Hall–Kier alpha value is -2.12. The first kappa shape index (κ1) is 14.9. The second-order valence-corrected chi connectivity index (χ2v) is 4.47. The van der Waals surface area contributed by atoms with E-state index >= 15 is 0 Å². The molecule has 1 aromatic carbocycles. The molecule has 0 saturated heterocycles. The number of halogens is 3. The normalized spacial score (nSPS) is 12.8. The zero-order valence-electron chi connectivity index (χ0n) is 8.96.